The van der Waals surface area contributed by atoms with E-state index in [0.29, 0.717) is 0 Å². The highest BCUT2D eigenvalue weighted by Gasteiger charge is 2.44. The van der Waals surface area contributed by atoms with Gasteiger partial charge in [0.25, 0.3) is 0 Å². The Morgan fingerprint density at radius 2 is 2.08 bits per heavy atom. The average Bonchev–Trinajstić information content (AvgIpc) is 2.33. The van der Waals surface area contributed by atoms with Gasteiger partial charge in [0.2, 0.25) is 0 Å². The van der Waals surface area contributed by atoms with Crippen LogP contribution in [-0.4, -0.2) is 31.3 Å². The summed E-state index contributed by atoms with van der Waals surface area (Å²) in [4.78, 5) is 13.2. The molecule has 1 heterocycles. The summed E-state index contributed by atoms with van der Waals surface area (Å²) in [7, 11) is 2.12. The molecule has 1 aliphatic rings. The highest BCUT2D eigenvalue weighted by molar-refractivity contribution is 5.59. The monoisotopic (exact) mass is 169 g/mol. The van der Waals surface area contributed by atoms with E-state index in [4.69, 9.17) is 0 Å². The Hall–Kier alpha value is -0.370. The van der Waals surface area contributed by atoms with Gasteiger partial charge in [-0.2, -0.15) is 0 Å². The minimum absolute atomic E-state index is 0.170. The summed E-state index contributed by atoms with van der Waals surface area (Å²) in [6.45, 7) is 8.45. The largest absolute Gasteiger partial charge is 0.306 e. The highest BCUT2D eigenvalue weighted by Crippen LogP contribution is 2.43. The minimum atomic E-state index is -0.183. The summed E-state index contributed by atoms with van der Waals surface area (Å²) in [5.74, 6) is 0. The van der Waals surface area contributed by atoms with Crippen LogP contribution in [0.15, 0.2) is 0 Å². The second-order valence-electron chi connectivity index (χ2n) is 4.89. The predicted molar refractivity (Wildman–Crippen MR) is 50.1 cm³/mol. The lowest BCUT2D eigenvalue weighted by atomic mass is 9.67. The fourth-order valence-electron chi connectivity index (χ4n) is 1.86. The molecule has 12 heavy (non-hydrogen) atoms. The summed E-state index contributed by atoms with van der Waals surface area (Å²) >= 11 is 0. The van der Waals surface area contributed by atoms with Crippen LogP contribution in [0.25, 0.3) is 0 Å². The van der Waals surface area contributed by atoms with E-state index in [9.17, 15) is 4.79 Å². The SMILES string of the molecule is CN1CCC(C)(C(C)(C)C=O)C1. The molecule has 1 unspecified atom stereocenters. The van der Waals surface area contributed by atoms with Gasteiger partial charge in [0.1, 0.15) is 6.29 Å². The van der Waals surface area contributed by atoms with Crippen molar-refractivity contribution in [2.24, 2.45) is 10.8 Å². The van der Waals surface area contributed by atoms with Gasteiger partial charge in [0.15, 0.2) is 0 Å². The van der Waals surface area contributed by atoms with E-state index in [0.717, 1.165) is 25.8 Å². The van der Waals surface area contributed by atoms with Crippen molar-refractivity contribution in [3.8, 4) is 0 Å². The maximum atomic E-state index is 10.9. The van der Waals surface area contributed by atoms with Gasteiger partial charge in [0, 0.05) is 12.0 Å². The van der Waals surface area contributed by atoms with Crippen molar-refractivity contribution < 1.29 is 4.79 Å². The fraction of sp³-hybridized carbons (Fsp3) is 0.900. The zero-order chi connectivity index (χ0) is 9.41. The van der Waals surface area contributed by atoms with Gasteiger partial charge in [-0.1, -0.05) is 20.8 Å². The summed E-state index contributed by atoms with van der Waals surface area (Å²) in [5, 5.41) is 0. The lowest BCUT2D eigenvalue weighted by molar-refractivity contribution is -0.120. The molecule has 0 radical (unpaired) electrons. The van der Waals surface area contributed by atoms with E-state index in [1.54, 1.807) is 0 Å². The predicted octanol–water partition coefficient (Wildman–Crippen LogP) is 1.55. The topological polar surface area (TPSA) is 20.3 Å². The quantitative estimate of drug-likeness (QED) is 0.585. The number of hydrogen-bond donors (Lipinski definition) is 0. The average molecular weight is 169 g/mol. The first-order chi connectivity index (χ1) is 5.41. The molecule has 1 fully saturated rings. The van der Waals surface area contributed by atoms with E-state index in [1.165, 1.54) is 0 Å². The van der Waals surface area contributed by atoms with Crippen LogP contribution in [-0.2, 0) is 4.79 Å². The standard InChI is InChI=1S/C10H19NO/c1-9(2,8-12)10(3)5-6-11(4)7-10/h8H,5-7H2,1-4H3. The molecule has 2 nitrogen and oxygen atoms in total. The van der Waals surface area contributed by atoms with Crippen LogP contribution in [0.3, 0.4) is 0 Å². The Bertz CT molecular complexity index is 188. The van der Waals surface area contributed by atoms with E-state index >= 15 is 0 Å². The zero-order valence-electron chi connectivity index (χ0n) is 8.55. The third-order valence-corrected chi connectivity index (χ3v) is 3.51. The van der Waals surface area contributed by atoms with Gasteiger partial charge >= 0.3 is 0 Å². The third kappa shape index (κ3) is 1.40. The van der Waals surface area contributed by atoms with Crippen molar-refractivity contribution in [3.63, 3.8) is 0 Å². The fourth-order valence-corrected chi connectivity index (χ4v) is 1.86. The van der Waals surface area contributed by atoms with Crippen LogP contribution in [0, 0.1) is 10.8 Å². The molecule has 0 N–H and O–H groups in total. The molecule has 0 aliphatic carbocycles. The van der Waals surface area contributed by atoms with Crippen molar-refractivity contribution in [2.75, 3.05) is 20.1 Å². The Morgan fingerprint density at radius 1 is 1.50 bits per heavy atom. The maximum absolute atomic E-state index is 10.9. The van der Waals surface area contributed by atoms with Gasteiger partial charge in [-0.3, -0.25) is 0 Å². The Balaban J connectivity index is 2.79. The summed E-state index contributed by atoms with van der Waals surface area (Å²) in [6, 6.07) is 0. The van der Waals surface area contributed by atoms with E-state index in [1.807, 2.05) is 13.8 Å². The van der Waals surface area contributed by atoms with Crippen molar-refractivity contribution in [1.82, 2.24) is 4.90 Å². The Labute approximate surface area is 74.9 Å². The Morgan fingerprint density at radius 3 is 2.42 bits per heavy atom. The first kappa shape index (κ1) is 9.72. The van der Waals surface area contributed by atoms with Crippen molar-refractivity contribution >= 4 is 6.29 Å². The van der Waals surface area contributed by atoms with Gasteiger partial charge in [-0.15, -0.1) is 0 Å². The number of hydrogen-bond acceptors (Lipinski definition) is 2. The molecule has 1 aliphatic heterocycles. The van der Waals surface area contributed by atoms with Crippen LogP contribution in [0.1, 0.15) is 27.2 Å². The molecule has 2 heteroatoms. The van der Waals surface area contributed by atoms with Crippen molar-refractivity contribution in [2.45, 2.75) is 27.2 Å². The van der Waals surface area contributed by atoms with Crippen molar-refractivity contribution in [3.05, 3.63) is 0 Å². The summed E-state index contributed by atoms with van der Waals surface area (Å²) in [5.41, 5.74) is -0.0126. The van der Waals surface area contributed by atoms with Gasteiger partial charge < -0.3 is 9.69 Å². The van der Waals surface area contributed by atoms with Gasteiger partial charge in [0.05, 0.1) is 0 Å². The molecule has 0 spiro atoms. The molecule has 0 aromatic heterocycles. The molecule has 70 valence electrons. The van der Waals surface area contributed by atoms with Gasteiger partial charge in [-0.05, 0) is 25.4 Å². The number of nitrogens with zero attached hydrogens (tertiary/aromatic N) is 1. The first-order valence-electron chi connectivity index (χ1n) is 4.56. The molecule has 0 amide bonds. The number of aldehydes is 1. The van der Waals surface area contributed by atoms with Crippen LogP contribution in [0.2, 0.25) is 0 Å². The molecule has 0 aromatic carbocycles. The molecule has 1 rings (SSSR count). The Kier molecular flexibility index (Phi) is 2.30. The molecular weight excluding hydrogens is 150 g/mol. The number of carbonyl (C=O) groups excluding carboxylic acids is 1. The lowest BCUT2D eigenvalue weighted by Crippen LogP contribution is -2.38. The van der Waals surface area contributed by atoms with Crippen LogP contribution < -0.4 is 0 Å². The number of likely N-dealkylation sites (tertiary alicyclic amines) is 1. The molecule has 1 atom stereocenters. The minimum Gasteiger partial charge on any atom is -0.306 e. The zero-order valence-corrected chi connectivity index (χ0v) is 8.55. The first-order valence-corrected chi connectivity index (χ1v) is 4.56. The van der Waals surface area contributed by atoms with Crippen LogP contribution in [0.4, 0.5) is 0 Å². The molecular formula is C10H19NO. The molecule has 0 bridgehead atoms. The van der Waals surface area contributed by atoms with E-state index < -0.39 is 0 Å². The molecule has 0 saturated carbocycles. The van der Waals surface area contributed by atoms with E-state index in [2.05, 4.69) is 18.9 Å². The normalized spacial score (nSPS) is 32.3. The second-order valence-corrected chi connectivity index (χ2v) is 4.89. The second kappa shape index (κ2) is 2.84. The third-order valence-electron chi connectivity index (χ3n) is 3.51. The summed E-state index contributed by atoms with van der Waals surface area (Å²) in [6.07, 6.45) is 2.24. The number of carbonyl (C=O) groups is 1. The van der Waals surface area contributed by atoms with Crippen LogP contribution in [0.5, 0.6) is 0 Å². The van der Waals surface area contributed by atoms with Crippen LogP contribution >= 0.6 is 0 Å². The number of rotatable bonds is 2. The van der Waals surface area contributed by atoms with Gasteiger partial charge in [-0.25, -0.2) is 0 Å². The van der Waals surface area contributed by atoms with E-state index in [-0.39, 0.29) is 10.8 Å². The maximum Gasteiger partial charge on any atom is 0.126 e. The smallest absolute Gasteiger partial charge is 0.126 e. The lowest BCUT2D eigenvalue weighted by Gasteiger charge is -2.36. The summed E-state index contributed by atoms with van der Waals surface area (Å²) < 4.78 is 0. The van der Waals surface area contributed by atoms with Crippen molar-refractivity contribution in [1.29, 1.82) is 0 Å². The molecule has 0 aromatic rings. The molecule has 1 saturated heterocycles. The highest BCUT2D eigenvalue weighted by atomic mass is 16.1.